The number of rotatable bonds is 9. The highest BCUT2D eigenvalue weighted by Gasteiger charge is 2.19. The Morgan fingerprint density at radius 1 is 1.06 bits per heavy atom. The van der Waals surface area contributed by atoms with Gasteiger partial charge >= 0.3 is 5.69 Å². The van der Waals surface area contributed by atoms with E-state index in [0.29, 0.717) is 31.8 Å². The summed E-state index contributed by atoms with van der Waals surface area (Å²) < 4.78 is 34.9. The quantitative estimate of drug-likeness (QED) is 0.338. The van der Waals surface area contributed by atoms with Gasteiger partial charge in [0, 0.05) is 38.5 Å². The minimum atomic E-state index is -0.684. The topological polar surface area (TPSA) is 115 Å². The molecule has 0 spiro atoms. The smallest absolute Gasteiger partial charge is 0.332 e. The first kappa shape index (κ1) is 24.3. The molecule has 0 saturated carbocycles. The lowest BCUT2D eigenvalue weighted by atomic mass is 10.1. The molecular formula is C23H24ClF2N7O3. The van der Waals surface area contributed by atoms with E-state index in [0.717, 1.165) is 36.6 Å². The van der Waals surface area contributed by atoms with E-state index in [9.17, 15) is 18.4 Å². The number of aromatic amines is 1. The van der Waals surface area contributed by atoms with Crippen LogP contribution in [-0.2, 0) is 25.9 Å². The molecular weight excluding hydrogens is 496 g/mol. The van der Waals surface area contributed by atoms with E-state index in [2.05, 4.69) is 25.0 Å². The molecule has 3 aromatic heterocycles. The summed E-state index contributed by atoms with van der Waals surface area (Å²) in [5.74, 6) is -0.798. The van der Waals surface area contributed by atoms with Crippen molar-refractivity contribution in [2.75, 3.05) is 19.6 Å². The molecule has 10 nitrogen and oxygen atoms in total. The predicted molar refractivity (Wildman–Crippen MR) is 127 cm³/mol. The number of benzene rings is 1. The Kier molecular flexibility index (Phi) is 6.97. The van der Waals surface area contributed by atoms with Crippen molar-refractivity contribution in [2.24, 2.45) is 0 Å². The molecule has 190 valence electrons. The van der Waals surface area contributed by atoms with Crippen molar-refractivity contribution in [3.63, 3.8) is 0 Å². The van der Waals surface area contributed by atoms with Gasteiger partial charge in [-0.15, -0.1) is 0 Å². The van der Waals surface area contributed by atoms with Crippen molar-refractivity contribution in [1.29, 1.82) is 0 Å². The van der Waals surface area contributed by atoms with Gasteiger partial charge in [-0.2, -0.15) is 9.97 Å². The van der Waals surface area contributed by atoms with Crippen LogP contribution in [0.5, 0.6) is 0 Å². The van der Waals surface area contributed by atoms with Crippen LogP contribution in [0.1, 0.15) is 36.5 Å². The molecule has 1 aliphatic heterocycles. The van der Waals surface area contributed by atoms with Crippen LogP contribution in [-0.4, -0.2) is 53.8 Å². The zero-order chi connectivity index (χ0) is 25.2. The summed E-state index contributed by atoms with van der Waals surface area (Å²) in [6.45, 7) is 3.16. The number of hydrogen-bond acceptors (Lipinski definition) is 7. The highest BCUT2D eigenvalue weighted by Crippen LogP contribution is 2.14. The van der Waals surface area contributed by atoms with Crippen LogP contribution in [0.4, 0.5) is 8.78 Å². The fraction of sp³-hybridized carbons (Fsp3) is 0.435. The molecule has 1 aromatic carbocycles. The summed E-state index contributed by atoms with van der Waals surface area (Å²) in [5.41, 5.74) is -0.267. The summed E-state index contributed by atoms with van der Waals surface area (Å²) in [5, 5.41) is 3.89. The maximum atomic E-state index is 13.9. The van der Waals surface area contributed by atoms with E-state index in [1.54, 1.807) is 0 Å². The van der Waals surface area contributed by atoms with Gasteiger partial charge < -0.3 is 14.4 Å². The molecule has 0 unspecified atom stereocenters. The molecule has 4 aromatic rings. The number of imidazole rings is 1. The normalized spacial score (nSPS) is 14.3. The van der Waals surface area contributed by atoms with E-state index in [1.807, 2.05) is 0 Å². The Morgan fingerprint density at radius 2 is 1.86 bits per heavy atom. The molecule has 0 bridgehead atoms. The molecule has 13 heteroatoms. The third-order valence-corrected chi connectivity index (χ3v) is 6.50. The number of nitrogens with zero attached hydrogens (tertiary/aromatic N) is 6. The van der Waals surface area contributed by atoms with Crippen molar-refractivity contribution >= 4 is 22.8 Å². The Labute approximate surface area is 208 Å². The minimum Gasteiger partial charge on any atom is -0.339 e. The summed E-state index contributed by atoms with van der Waals surface area (Å²) in [4.78, 5) is 39.6. The molecule has 4 heterocycles. The summed E-state index contributed by atoms with van der Waals surface area (Å²) in [6, 6.07) is 3.30. The second-order valence-electron chi connectivity index (χ2n) is 8.79. The largest absolute Gasteiger partial charge is 0.339 e. The van der Waals surface area contributed by atoms with Gasteiger partial charge in [0.25, 0.3) is 5.56 Å². The van der Waals surface area contributed by atoms with Crippen LogP contribution < -0.4 is 11.2 Å². The van der Waals surface area contributed by atoms with Gasteiger partial charge in [-0.05, 0) is 55.6 Å². The third kappa shape index (κ3) is 5.09. The van der Waals surface area contributed by atoms with E-state index >= 15 is 0 Å². The summed E-state index contributed by atoms with van der Waals surface area (Å²) in [7, 11) is 0. The van der Waals surface area contributed by atoms with Gasteiger partial charge in [0.1, 0.15) is 11.6 Å². The van der Waals surface area contributed by atoms with Crippen molar-refractivity contribution in [3.8, 4) is 0 Å². The molecule has 1 saturated heterocycles. The number of aryl methyl sites for hydroxylation is 1. The van der Waals surface area contributed by atoms with Gasteiger partial charge in [0.15, 0.2) is 17.0 Å². The van der Waals surface area contributed by atoms with E-state index in [1.165, 1.54) is 16.7 Å². The Hall–Kier alpha value is -3.38. The lowest BCUT2D eigenvalue weighted by Crippen LogP contribution is -2.41. The van der Waals surface area contributed by atoms with Gasteiger partial charge in [0.2, 0.25) is 11.2 Å². The van der Waals surface area contributed by atoms with Crippen LogP contribution in [0, 0.1) is 11.6 Å². The van der Waals surface area contributed by atoms with Crippen molar-refractivity contribution in [1.82, 2.24) is 34.1 Å². The van der Waals surface area contributed by atoms with Crippen LogP contribution >= 0.6 is 11.6 Å². The monoisotopic (exact) mass is 519 g/mol. The lowest BCUT2D eigenvalue weighted by molar-refractivity contribution is 0.319. The first-order chi connectivity index (χ1) is 17.4. The Morgan fingerprint density at radius 3 is 2.64 bits per heavy atom. The highest BCUT2D eigenvalue weighted by molar-refractivity contribution is 6.28. The van der Waals surface area contributed by atoms with Crippen molar-refractivity contribution in [3.05, 3.63) is 73.2 Å². The number of H-pyrrole nitrogens is 1. The van der Waals surface area contributed by atoms with E-state index in [4.69, 9.17) is 16.1 Å². The van der Waals surface area contributed by atoms with Crippen LogP contribution in [0.3, 0.4) is 0 Å². The number of halogens is 3. The molecule has 5 rings (SSSR count). The highest BCUT2D eigenvalue weighted by atomic mass is 35.5. The van der Waals surface area contributed by atoms with Crippen molar-refractivity contribution in [2.45, 2.75) is 45.2 Å². The minimum absolute atomic E-state index is 0.0464. The fourth-order valence-corrected chi connectivity index (χ4v) is 4.65. The van der Waals surface area contributed by atoms with Crippen LogP contribution in [0.25, 0.3) is 11.2 Å². The number of likely N-dealkylation sites (tertiary alicyclic amines) is 1. The molecule has 0 radical (unpaired) electrons. The average Bonchev–Trinajstić information content (AvgIpc) is 3.60. The van der Waals surface area contributed by atoms with Crippen LogP contribution in [0.2, 0.25) is 5.28 Å². The van der Waals surface area contributed by atoms with E-state index < -0.39 is 22.9 Å². The summed E-state index contributed by atoms with van der Waals surface area (Å²) >= 11 is 6.01. The number of hydrogen-bond donors (Lipinski definition) is 1. The molecule has 1 N–H and O–H groups in total. The Bertz CT molecular complexity index is 1500. The number of fused-ring (bicyclic) bond motifs is 1. The summed E-state index contributed by atoms with van der Waals surface area (Å²) in [6.07, 6.45) is 3.00. The zero-order valence-corrected chi connectivity index (χ0v) is 20.1. The maximum Gasteiger partial charge on any atom is 0.332 e. The van der Waals surface area contributed by atoms with Crippen molar-refractivity contribution < 1.29 is 13.3 Å². The average molecular weight is 520 g/mol. The molecule has 1 fully saturated rings. The van der Waals surface area contributed by atoms with Gasteiger partial charge in [-0.1, -0.05) is 11.2 Å². The van der Waals surface area contributed by atoms with Crippen LogP contribution in [0.15, 0.2) is 32.3 Å². The molecule has 0 aliphatic carbocycles. The SMILES string of the molecule is O=c1c2[nH]c(Cl)nc2n(CCN2CCCC2)c(=O)n1CCCc1nc(Cc2ccc(F)cc2F)no1. The zero-order valence-electron chi connectivity index (χ0n) is 19.3. The third-order valence-electron chi connectivity index (χ3n) is 6.32. The lowest BCUT2D eigenvalue weighted by Gasteiger charge is -2.16. The first-order valence-corrected chi connectivity index (χ1v) is 12.1. The Balaban J connectivity index is 1.29. The first-order valence-electron chi connectivity index (χ1n) is 11.8. The van der Waals surface area contributed by atoms with E-state index in [-0.39, 0.29) is 40.8 Å². The number of aromatic nitrogens is 6. The van der Waals surface area contributed by atoms with Gasteiger partial charge in [-0.25, -0.2) is 13.6 Å². The predicted octanol–water partition coefficient (Wildman–Crippen LogP) is 2.52. The number of nitrogens with one attached hydrogen (secondary N) is 1. The molecule has 36 heavy (non-hydrogen) atoms. The molecule has 1 aliphatic rings. The molecule has 0 amide bonds. The maximum absolute atomic E-state index is 13.9. The fourth-order valence-electron chi connectivity index (χ4n) is 4.47. The second-order valence-corrected chi connectivity index (χ2v) is 9.14. The standard InChI is InChI=1S/C23H24ClF2N7O3/c24-22-28-19-20(29-22)32(11-10-31-7-1-2-8-31)23(35)33(21(19)34)9-3-4-18-27-17(30-36-18)12-14-5-6-15(25)13-16(14)26/h5-6,13H,1-4,7-12H2,(H,28,29). The molecule has 0 atom stereocenters. The van der Waals surface area contributed by atoms with Gasteiger partial charge in [0.05, 0.1) is 0 Å². The van der Waals surface area contributed by atoms with Gasteiger partial charge in [-0.3, -0.25) is 13.9 Å². The second kappa shape index (κ2) is 10.3.